The van der Waals surface area contributed by atoms with Gasteiger partial charge in [0.05, 0.1) is 12.6 Å². The van der Waals surface area contributed by atoms with E-state index in [4.69, 9.17) is 4.74 Å². The van der Waals surface area contributed by atoms with Crippen LogP contribution >= 0.6 is 0 Å². The molecule has 0 spiro atoms. The van der Waals surface area contributed by atoms with Crippen molar-refractivity contribution < 1.29 is 22.6 Å². The van der Waals surface area contributed by atoms with E-state index in [1.165, 1.54) is 12.7 Å². The lowest BCUT2D eigenvalue weighted by molar-refractivity contribution is -0.225. The summed E-state index contributed by atoms with van der Waals surface area (Å²) >= 11 is 0. The average molecular weight is 251 g/mol. The molecule has 2 rings (SSSR count). The van der Waals surface area contributed by atoms with Crippen LogP contribution in [0.4, 0.5) is 13.2 Å². The molecule has 2 atom stereocenters. The third-order valence-corrected chi connectivity index (χ3v) is 2.36. The fourth-order valence-electron chi connectivity index (χ4n) is 1.65. The van der Waals surface area contributed by atoms with Crippen LogP contribution in [0.1, 0.15) is 12.8 Å². The standard InChI is InChI=1S/C9H12F3N3O2/c10-9(11,12)4-16-8-2-1-7(17-8)3-15-6-13-5-14-15/h5-8H,1-4H2. The van der Waals surface area contributed by atoms with Crippen molar-refractivity contribution in [2.75, 3.05) is 6.61 Å². The minimum absolute atomic E-state index is 0.171. The van der Waals surface area contributed by atoms with E-state index >= 15 is 0 Å². The minimum Gasteiger partial charge on any atom is -0.348 e. The first-order chi connectivity index (χ1) is 8.03. The lowest BCUT2D eigenvalue weighted by Gasteiger charge is -2.15. The molecule has 5 nitrogen and oxygen atoms in total. The predicted molar refractivity (Wildman–Crippen MR) is 49.9 cm³/mol. The zero-order valence-electron chi connectivity index (χ0n) is 8.93. The highest BCUT2D eigenvalue weighted by Gasteiger charge is 2.32. The van der Waals surface area contributed by atoms with Gasteiger partial charge in [-0.1, -0.05) is 0 Å². The summed E-state index contributed by atoms with van der Waals surface area (Å²) in [5.41, 5.74) is 0. The highest BCUT2D eigenvalue weighted by molar-refractivity contribution is 4.70. The molecule has 1 aromatic heterocycles. The second kappa shape index (κ2) is 5.01. The lowest BCUT2D eigenvalue weighted by Crippen LogP contribution is -2.24. The Morgan fingerprint density at radius 3 is 2.88 bits per heavy atom. The number of ether oxygens (including phenoxy) is 2. The zero-order chi connectivity index (χ0) is 12.3. The van der Waals surface area contributed by atoms with Gasteiger partial charge in [-0.25, -0.2) is 4.98 Å². The van der Waals surface area contributed by atoms with Gasteiger partial charge in [0.2, 0.25) is 0 Å². The molecule has 1 saturated heterocycles. The van der Waals surface area contributed by atoms with Crippen molar-refractivity contribution in [3.05, 3.63) is 12.7 Å². The summed E-state index contributed by atoms with van der Waals surface area (Å²) in [4.78, 5) is 3.77. The van der Waals surface area contributed by atoms with Crippen LogP contribution in [0.15, 0.2) is 12.7 Å². The average Bonchev–Trinajstić information content (AvgIpc) is 2.86. The molecule has 0 bridgehead atoms. The SMILES string of the molecule is FC(F)(F)COC1CCC(Cn2cncn2)O1. The van der Waals surface area contributed by atoms with E-state index in [1.807, 2.05) is 0 Å². The van der Waals surface area contributed by atoms with Gasteiger partial charge in [0.25, 0.3) is 0 Å². The Bertz CT molecular complexity index is 342. The lowest BCUT2D eigenvalue weighted by atomic mass is 10.2. The quantitative estimate of drug-likeness (QED) is 0.810. The summed E-state index contributed by atoms with van der Waals surface area (Å²) in [7, 11) is 0. The van der Waals surface area contributed by atoms with Gasteiger partial charge >= 0.3 is 6.18 Å². The van der Waals surface area contributed by atoms with Gasteiger partial charge in [-0.05, 0) is 6.42 Å². The summed E-state index contributed by atoms with van der Waals surface area (Å²) in [6.45, 7) is -0.792. The van der Waals surface area contributed by atoms with E-state index < -0.39 is 19.1 Å². The molecule has 0 saturated carbocycles. The molecule has 1 fully saturated rings. The van der Waals surface area contributed by atoms with E-state index in [0.717, 1.165) is 0 Å². The van der Waals surface area contributed by atoms with Gasteiger partial charge in [-0.3, -0.25) is 4.68 Å². The number of aromatic nitrogens is 3. The Morgan fingerprint density at radius 2 is 2.24 bits per heavy atom. The molecular weight excluding hydrogens is 239 g/mol. The van der Waals surface area contributed by atoms with Crippen molar-refractivity contribution in [3.8, 4) is 0 Å². The molecule has 1 aliphatic rings. The van der Waals surface area contributed by atoms with Crippen LogP contribution in [0.3, 0.4) is 0 Å². The number of hydrogen-bond acceptors (Lipinski definition) is 4. The molecule has 0 amide bonds. The number of halogens is 3. The summed E-state index contributed by atoms with van der Waals surface area (Å²) in [6.07, 6.45) is -1.20. The number of hydrogen-bond donors (Lipinski definition) is 0. The second-order valence-corrected chi connectivity index (χ2v) is 3.81. The number of rotatable bonds is 4. The van der Waals surface area contributed by atoms with E-state index in [2.05, 4.69) is 14.8 Å². The van der Waals surface area contributed by atoms with Crippen LogP contribution in [-0.2, 0) is 16.0 Å². The Morgan fingerprint density at radius 1 is 1.41 bits per heavy atom. The fourth-order valence-corrected chi connectivity index (χ4v) is 1.65. The summed E-state index contributed by atoms with van der Waals surface area (Å²) < 4.78 is 47.2. The maximum atomic E-state index is 11.9. The molecule has 0 aromatic carbocycles. The minimum atomic E-state index is -4.31. The Hall–Kier alpha value is -1.15. The molecule has 96 valence electrons. The van der Waals surface area contributed by atoms with Gasteiger partial charge in [0, 0.05) is 6.42 Å². The highest BCUT2D eigenvalue weighted by atomic mass is 19.4. The van der Waals surface area contributed by atoms with E-state index in [1.54, 1.807) is 4.68 Å². The van der Waals surface area contributed by atoms with Crippen LogP contribution in [0.5, 0.6) is 0 Å². The second-order valence-electron chi connectivity index (χ2n) is 3.81. The first-order valence-electron chi connectivity index (χ1n) is 5.19. The Labute approximate surface area is 95.5 Å². The molecule has 0 aliphatic carbocycles. The summed E-state index contributed by atoms with van der Waals surface area (Å²) in [6, 6.07) is 0. The third-order valence-electron chi connectivity index (χ3n) is 2.36. The van der Waals surface area contributed by atoms with Crippen LogP contribution in [0, 0.1) is 0 Å². The predicted octanol–water partition coefficient (Wildman–Crippen LogP) is 1.36. The fraction of sp³-hybridized carbons (Fsp3) is 0.778. The van der Waals surface area contributed by atoms with Crippen LogP contribution < -0.4 is 0 Å². The first-order valence-corrected chi connectivity index (χ1v) is 5.19. The molecule has 0 radical (unpaired) electrons. The van der Waals surface area contributed by atoms with Crippen molar-refractivity contribution >= 4 is 0 Å². The van der Waals surface area contributed by atoms with Crippen molar-refractivity contribution in [2.45, 2.75) is 38.0 Å². The highest BCUT2D eigenvalue weighted by Crippen LogP contribution is 2.24. The van der Waals surface area contributed by atoms with Gasteiger partial charge in [0.1, 0.15) is 19.3 Å². The van der Waals surface area contributed by atoms with Crippen molar-refractivity contribution in [1.29, 1.82) is 0 Å². The number of nitrogens with zero attached hydrogens (tertiary/aromatic N) is 3. The molecule has 17 heavy (non-hydrogen) atoms. The largest absolute Gasteiger partial charge is 0.411 e. The van der Waals surface area contributed by atoms with E-state index in [9.17, 15) is 13.2 Å². The molecule has 0 N–H and O–H groups in total. The van der Waals surface area contributed by atoms with Gasteiger partial charge < -0.3 is 9.47 Å². The van der Waals surface area contributed by atoms with Gasteiger partial charge in [0.15, 0.2) is 6.29 Å². The molecule has 1 aliphatic heterocycles. The normalized spacial score (nSPS) is 25.4. The van der Waals surface area contributed by atoms with Crippen molar-refractivity contribution in [3.63, 3.8) is 0 Å². The molecule has 1 aromatic rings. The Kier molecular flexibility index (Phi) is 3.63. The summed E-state index contributed by atoms with van der Waals surface area (Å²) in [5, 5.41) is 3.89. The molecular formula is C9H12F3N3O2. The van der Waals surface area contributed by atoms with Crippen LogP contribution in [0.25, 0.3) is 0 Å². The molecule has 2 unspecified atom stereocenters. The molecule has 2 heterocycles. The maximum Gasteiger partial charge on any atom is 0.411 e. The van der Waals surface area contributed by atoms with E-state index in [-0.39, 0.29) is 6.10 Å². The third kappa shape index (κ3) is 3.97. The number of alkyl halides is 3. The van der Waals surface area contributed by atoms with Crippen LogP contribution in [-0.4, -0.2) is 39.9 Å². The zero-order valence-corrected chi connectivity index (χ0v) is 8.93. The van der Waals surface area contributed by atoms with Crippen molar-refractivity contribution in [2.24, 2.45) is 0 Å². The first kappa shape index (κ1) is 12.3. The Balaban J connectivity index is 1.72. The topological polar surface area (TPSA) is 49.2 Å². The smallest absolute Gasteiger partial charge is 0.348 e. The van der Waals surface area contributed by atoms with Gasteiger partial charge in [-0.2, -0.15) is 18.3 Å². The molecule has 8 heteroatoms. The van der Waals surface area contributed by atoms with Crippen molar-refractivity contribution in [1.82, 2.24) is 14.8 Å². The monoisotopic (exact) mass is 251 g/mol. The van der Waals surface area contributed by atoms with E-state index in [0.29, 0.717) is 19.4 Å². The van der Waals surface area contributed by atoms with Gasteiger partial charge in [-0.15, -0.1) is 0 Å². The maximum absolute atomic E-state index is 11.9. The summed E-state index contributed by atoms with van der Waals surface area (Å²) in [5.74, 6) is 0. The van der Waals surface area contributed by atoms with Crippen LogP contribution in [0.2, 0.25) is 0 Å².